The number of rotatable bonds is 4. The number of likely N-dealkylation sites (tertiary alicyclic amines) is 2. The Morgan fingerprint density at radius 3 is 2.53 bits per heavy atom. The van der Waals surface area contributed by atoms with E-state index in [1.165, 1.54) is 11.3 Å². The fourth-order valence-electron chi connectivity index (χ4n) is 3.93. The Bertz CT molecular complexity index is 739. The van der Waals surface area contributed by atoms with Crippen molar-refractivity contribution in [2.75, 3.05) is 31.5 Å². The van der Waals surface area contributed by atoms with Crippen molar-refractivity contribution in [2.24, 2.45) is 11.8 Å². The van der Waals surface area contributed by atoms with Gasteiger partial charge in [-0.05, 0) is 52.4 Å². The Labute approximate surface area is 182 Å². The Balaban J connectivity index is 1.43. The van der Waals surface area contributed by atoms with E-state index in [0.29, 0.717) is 37.7 Å². The van der Waals surface area contributed by atoms with Gasteiger partial charge in [-0.15, -0.1) is 11.3 Å². The van der Waals surface area contributed by atoms with Crippen LogP contribution in [0.3, 0.4) is 0 Å². The number of hydrogen-bond acceptors (Lipinski definition) is 6. The highest BCUT2D eigenvalue weighted by Gasteiger charge is 2.32. The third kappa shape index (κ3) is 6.42. The number of aromatic nitrogens is 1. The number of thiazole rings is 1. The van der Waals surface area contributed by atoms with Gasteiger partial charge in [0.05, 0.1) is 5.92 Å². The second kappa shape index (κ2) is 9.76. The van der Waals surface area contributed by atoms with Crippen molar-refractivity contribution in [1.82, 2.24) is 14.8 Å². The van der Waals surface area contributed by atoms with Gasteiger partial charge in [0.25, 0.3) is 0 Å². The maximum atomic E-state index is 12.8. The molecule has 2 fully saturated rings. The van der Waals surface area contributed by atoms with Gasteiger partial charge >= 0.3 is 6.09 Å². The molecular formula is C21H32N4O4S. The summed E-state index contributed by atoms with van der Waals surface area (Å²) in [6.45, 7) is 7.99. The molecule has 1 aromatic rings. The smallest absolute Gasteiger partial charge is 0.410 e. The summed E-state index contributed by atoms with van der Waals surface area (Å²) in [7, 11) is 0. The van der Waals surface area contributed by atoms with Gasteiger partial charge in [-0.25, -0.2) is 9.78 Å². The van der Waals surface area contributed by atoms with Crippen LogP contribution in [0, 0.1) is 11.8 Å². The summed E-state index contributed by atoms with van der Waals surface area (Å²) in [6, 6.07) is 0. The van der Waals surface area contributed by atoms with Gasteiger partial charge < -0.3 is 19.9 Å². The summed E-state index contributed by atoms with van der Waals surface area (Å²) in [6.07, 6.45) is 5.07. The Hall–Kier alpha value is -2.16. The van der Waals surface area contributed by atoms with Crippen LogP contribution >= 0.6 is 11.3 Å². The summed E-state index contributed by atoms with van der Waals surface area (Å²) in [5.41, 5.74) is -0.499. The molecule has 0 bridgehead atoms. The first-order valence-corrected chi connectivity index (χ1v) is 11.6. The van der Waals surface area contributed by atoms with Gasteiger partial charge in [0.15, 0.2) is 5.13 Å². The number of nitrogens with one attached hydrogen (secondary N) is 1. The molecule has 0 saturated carbocycles. The molecule has 166 valence electrons. The summed E-state index contributed by atoms with van der Waals surface area (Å²) in [4.78, 5) is 45.2. The summed E-state index contributed by atoms with van der Waals surface area (Å²) >= 11 is 1.39. The molecule has 0 radical (unpaired) electrons. The SMILES string of the molecule is CC(C)(C)OC(=O)N1CCC(CC(=O)N2CCCC(C(=O)Nc3nccs3)C2)CC1. The van der Waals surface area contributed by atoms with E-state index in [9.17, 15) is 14.4 Å². The van der Waals surface area contributed by atoms with E-state index in [2.05, 4.69) is 10.3 Å². The van der Waals surface area contributed by atoms with Crippen molar-refractivity contribution in [2.45, 2.75) is 58.5 Å². The average Bonchev–Trinajstić information content (AvgIpc) is 3.20. The first kappa shape index (κ1) is 22.5. The lowest BCUT2D eigenvalue weighted by atomic mass is 9.91. The van der Waals surface area contributed by atoms with Crippen molar-refractivity contribution in [3.63, 3.8) is 0 Å². The van der Waals surface area contributed by atoms with Gasteiger partial charge in [-0.1, -0.05) is 0 Å². The molecule has 2 aliphatic rings. The minimum Gasteiger partial charge on any atom is -0.444 e. The highest BCUT2D eigenvalue weighted by atomic mass is 32.1. The fourth-order valence-corrected chi connectivity index (χ4v) is 4.46. The summed E-state index contributed by atoms with van der Waals surface area (Å²) in [5.74, 6) is 0.118. The van der Waals surface area contributed by atoms with E-state index < -0.39 is 5.60 Å². The first-order valence-electron chi connectivity index (χ1n) is 10.7. The van der Waals surface area contributed by atoms with Crippen molar-refractivity contribution in [3.05, 3.63) is 11.6 Å². The zero-order valence-corrected chi connectivity index (χ0v) is 18.9. The van der Waals surface area contributed by atoms with Crippen LogP contribution in [0.1, 0.15) is 52.9 Å². The van der Waals surface area contributed by atoms with Crippen LogP contribution in [-0.2, 0) is 14.3 Å². The molecule has 9 heteroatoms. The van der Waals surface area contributed by atoms with E-state index in [4.69, 9.17) is 4.74 Å². The highest BCUT2D eigenvalue weighted by Crippen LogP contribution is 2.25. The second-order valence-electron chi connectivity index (χ2n) is 9.12. The minimum atomic E-state index is -0.499. The van der Waals surface area contributed by atoms with E-state index in [1.54, 1.807) is 11.1 Å². The number of piperidine rings is 2. The van der Waals surface area contributed by atoms with E-state index in [1.807, 2.05) is 31.1 Å². The molecular weight excluding hydrogens is 404 g/mol. The number of carbonyl (C=O) groups excluding carboxylic acids is 3. The zero-order chi connectivity index (χ0) is 21.7. The minimum absolute atomic E-state index is 0.0619. The maximum Gasteiger partial charge on any atom is 0.410 e. The molecule has 0 aromatic carbocycles. The van der Waals surface area contributed by atoms with Crippen LogP contribution in [0.4, 0.5) is 9.93 Å². The normalized spacial score (nSPS) is 20.7. The number of hydrogen-bond donors (Lipinski definition) is 1. The molecule has 3 heterocycles. The first-order chi connectivity index (χ1) is 14.2. The van der Waals surface area contributed by atoms with Gasteiger partial charge in [-0.3, -0.25) is 9.59 Å². The number of anilines is 1. The third-order valence-electron chi connectivity index (χ3n) is 5.54. The molecule has 0 aliphatic carbocycles. The number of carbonyl (C=O) groups is 3. The Morgan fingerprint density at radius 1 is 1.17 bits per heavy atom. The van der Waals surface area contributed by atoms with Crippen LogP contribution in [0.15, 0.2) is 11.6 Å². The van der Waals surface area contributed by atoms with Crippen molar-refractivity contribution in [3.8, 4) is 0 Å². The van der Waals surface area contributed by atoms with Crippen LogP contribution < -0.4 is 5.32 Å². The molecule has 8 nitrogen and oxygen atoms in total. The monoisotopic (exact) mass is 436 g/mol. The second-order valence-corrected chi connectivity index (χ2v) is 10.0. The number of ether oxygens (including phenoxy) is 1. The molecule has 3 rings (SSSR count). The lowest BCUT2D eigenvalue weighted by Crippen LogP contribution is -2.45. The fraction of sp³-hybridized carbons (Fsp3) is 0.714. The van der Waals surface area contributed by atoms with Crippen molar-refractivity contribution < 1.29 is 19.1 Å². The summed E-state index contributed by atoms with van der Waals surface area (Å²) < 4.78 is 5.43. The highest BCUT2D eigenvalue weighted by molar-refractivity contribution is 7.13. The lowest BCUT2D eigenvalue weighted by molar-refractivity contribution is -0.135. The topological polar surface area (TPSA) is 91.8 Å². The largest absolute Gasteiger partial charge is 0.444 e. The average molecular weight is 437 g/mol. The Kier molecular flexibility index (Phi) is 7.33. The third-order valence-corrected chi connectivity index (χ3v) is 6.23. The van der Waals surface area contributed by atoms with Crippen LogP contribution in [0.2, 0.25) is 0 Å². The summed E-state index contributed by atoms with van der Waals surface area (Å²) in [5, 5.41) is 5.26. The molecule has 1 N–H and O–H groups in total. The lowest BCUT2D eigenvalue weighted by Gasteiger charge is -2.35. The number of nitrogens with zero attached hydrogens (tertiary/aromatic N) is 3. The van der Waals surface area contributed by atoms with Crippen molar-refractivity contribution in [1.29, 1.82) is 0 Å². The van der Waals surface area contributed by atoms with Crippen LogP contribution in [0.5, 0.6) is 0 Å². The molecule has 30 heavy (non-hydrogen) atoms. The molecule has 2 aliphatic heterocycles. The van der Waals surface area contributed by atoms with E-state index >= 15 is 0 Å². The molecule has 3 amide bonds. The van der Waals surface area contributed by atoms with Gasteiger partial charge in [-0.2, -0.15) is 0 Å². The van der Waals surface area contributed by atoms with Gasteiger partial charge in [0.1, 0.15) is 5.60 Å². The van der Waals surface area contributed by atoms with Crippen LogP contribution in [-0.4, -0.2) is 64.5 Å². The molecule has 1 aromatic heterocycles. The van der Waals surface area contributed by atoms with Crippen LogP contribution in [0.25, 0.3) is 0 Å². The Morgan fingerprint density at radius 2 is 1.90 bits per heavy atom. The predicted octanol–water partition coefficient (Wildman–Crippen LogP) is 3.36. The van der Waals surface area contributed by atoms with Gasteiger partial charge in [0.2, 0.25) is 11.8 Å². The zero-order valence-electron chi connectivity index (χ0n) is 18.1. The molecule has 2 saturated heterocycles. The van der Waals surface area contributed by atoms with E-state index in [-0.39, 0.29) is 29.7 Å². The predicted molar refractivity (Wildman–Crippen MR) is 115 cm³/mol. The molecule has 1 atom stereocenters. The van der Waals surface area contributed by atoms with E-state index in [0.717, 1.165) is 25.7 Å². The quantitative estimate of drug-likeness (QED) is 0.781. The molecule has 1 unspecified atom stereocenters. The van der Waals surface area contributed by atoms with Gasteiger partial charge in [0, 0.05) is 44.2 Å². The maximum absolute atomic E-state index is 12.8. The standard InChI is InChI=1S/C21H32N4O4S/c1-21(2,3)29-20(28)24-10-6-15(7-11-24)13-17(26)25-9-4-5-16(14-25)18(27)23-19-22-8-12-30-19/h8,12,15-16H,4-7,9-11,13-14H2,1-3H3,(H,22,23,27). The number of amides is 3. The van der Waals surface area contributed by atoms with Crippen molar-refractivity contribution >= 4 is 34.4 Å². The molecule has 0 spiro atoms.